The summed E-state index contributed by atoms with van der Waals surface area (Å²) in [6.45, 7) is 4.41. The number of ether oxygens (including phenoxy) is 1. The highest BCUT2D eigenvalue weighted by atomic mass is 32.2. The standard InChI is InChI=1S/C28H34N4O6S/c1-3-26(33)31-14-16-32(17-15-31)28(35,27(29)34)19-30-39(36,37)23-12-10-22(11-13-23)38-18-25-20(2)8-9-21-6-4-5-7-24(21)25/h4-13,30,35H,3,14-19H2,1-2H3,(H2,29,34). The molecule has 0 saturated carbocycles. The van der Waals surface area contributed by atoms with Crippen LogP contribution >= 0.6 is 0 Å². The van der Waals surface area contributed by atoms with Crippen molar-refractivity contribution in [1.82, 2.24) is 14.5 Å². The molecule has 1 aliphatic rings. The number of hydrogen-bond acceptors (Lipinski definition) is 7. The molecule has 0 bridgehead atoms. The second-order valence-corrected chi connectivity index (χ2v) is 11.3. The van der Waals surface area contributed by atoms with Crippen LogP contribution in [-0.2, 0) is 26.2 Å². The number of hydrogen-bond donors (Lipinski definition) is 3. The van der Waals surface area contributed by atoms with Gasteiger partial charge in [-0.2, -0.15) is 0 Å². The number of rotatable bonds is 10. The average molecular weight is 555 g/mol. The largest absolute Gasteiger partial charge is 0.489 e. The maximum absolute atomic E-state index is 13.0. The Morgan fingerprint density at radius 1 is 1.03 bits per heavy atom. The summed E-state index contributed by atoms with van der Waals surface area (Å²) in [5.74, 6) is -0.611. The Bertz CT molecular complexity index is 1450. The van der Waals surface area contributed by atoms with E-state index in [1.54, 1.807) is 24.0 Å². The second-order valence-electron chi connectivity index (χ2n) is 9.57. The number of benzene rings is 3. The number of nitrogens with two attached hydrogens (primary N) is 1. The van der Waals surface area contributed by atoms with E-state index in [1.807, 2.05) is 37.3 Å². The lowest BCUT2D eigenvalue weighted by Crippen LogP contribution is -2.67. The van der Waals surface area contributed by atoms with Gasteiger partial charge in [-0.1, -0.05) is 43.3 Å². The Morgan fingerprint density at radius 2 is 1.69 bits per heavy atom. The normalized spacial score (nSPS) is 16.1. The molecule has 0 radical (unpaired) electrons. The number of nitrogens with one attached hydrogen (secondary N) is 1. The lowest BCUT2D eigenvalue weighted by Gasteiger charge is -2.42. The third kappa shape index (κ3) is 6.22. The molecule has 4 rings (SSSR count). The summed E-state index contributed by atoms with van der Waals surface area (Å²) in [4.78, 5) is 27.1. The highest BCUT2D eigenvalue weighted by Crippen LogP contribution is 2.25. The molecule has 3 aromatic carbocycles. The number of primary amides is 1. The molecule has 0 spiro atoms. The van der Waals surface area contributed by atoms with E-state index in [-0.39, 0.29) is 23.9 Å². The summed E-state index contributed by atoms with van der Waals surface area (Å²) in [6, 6.07) is 18.0. The van der Waals surface area contributed by atoms with E-state index >= 15 is 0 Å². The van der Waals surface area contributed by atoms with Crippen LogP contribution in [0.2, 0.25) is 0 Å². The molecular formula is C28H34N4O6S. The van der Waals surface area contributed by atoms with Gasteiger partial charge in [0.1, 0.15) is 12.4 Å². The van der Waals surface area contributed by atoms with Gasteiger partial charge in [0.05, 0.1) is 11.4 Å². The number of carbonyl (C=O) groups excluding carboxylic acids is 2. The summed E-state index contributed by atoms with van der Waals surface area (Å²) in [5.41, 5.74) is 5.38. The van der Waals surface area contributed by atoms with Crippen molar-refractivity contribution in [2.45, 2.75) is 37.5 Å². The van der Waals surface area contributed by atoms with E-state index in [0.717, 1.165) is 21.9 Å². The minimum absolute atomic E-state index is 0.0300. The summed E-state index contributed by atoms with van der Waals surface area (Å²) in [7, 11) is -4.08. The van der Waals surface area contributed by atoms with Gasteiger partial charge in [-0.05, 0) is 47.5 Å². The molecule has 0 aromatic heterocycles. The van der Waals surface area contributed by atoms with Crippen LogP contribution in [0.3, 0.4) is 0 Å². The SMILES string of the molecule is CCC(=O)N1CCN(C(O)(CNS(=O)(=O)c2ccc(OCc3c(C)ccc4ccccc34)cc2)C(N)=O)CC1. The van der Waals surface area contributed by atoms with Crippen molar-refractivity contribution >= 4 is 32.6 Å². The molecule has 3 aromatic rings. The molecule has 1 saturated heterocycles. The number of carbonyl (C=O) groups is 2. The topological polar surface area (TPSA) is 142 Å². The maximum Gasteiger partial charge on any atom is 0.266 e. The molecule has 39 heavy (non-hydrogen) atoms. The van der Waals surface area contributed by atoms with Crippen LogP contribution in [0.4, 0.5) is 0 Å². The van der Waals surface area contributed by atoms with Gasteiger partial charge in [-0.15, -0.1) is 0 Å². The Labute approximate surface area is 228 Å². The molecule has 0 aliphatic carbocycles. The van der Waals surface area contributed by atoms with Gasteiger partial charge in [-0.25, -0.2) is 13.1 Å². The van der Waals surface area contributed by atoms with Crippen molar-refractivity contribution in [3.05, 3.63) is 71.8 Å². The van der Waals surface area contributed by atoms with E-state index in [4.69, 9.17) is 10.5 Å². The van der Waals surface area contributed by atoms with Gasteiger partial charge < -0.3 is 20.5 Å². The van der Waals surface area contributed by atoms with E-state index < -0.39 is 28.2 Å². The average Bonchev–Trinajstić information content (AvgIpc) is 2.95. The summed E-state index contributed by atoms with van der Waals surface area (Å²) in [5, 5.41) is 13.2. The number of piperazine rings is 1. The minimum Gasteiger partial charge on any atom is -0.489 e. The lowest BCUT2D eigenvalue weighted by molar-refractivity contribution is -0.164. The molecule has 1 fully saturated rings. The molecule has 1 atom stereocenters. The van der Waals surface area contributed by atoms with Crippen molar-refractivity contribution < 1.29 is 27.9 Å². The molecule has 11 heteroatoms. The van der Waals surface area contributed by atoms with Crippen LogP contribution < -0.4 is 15.2 Å². The van der Waals surface area contributed by atoms with Crippen LogP contribution in [0, 0.1) is 6.92 Å². The molecular weight excluding hydrogens is 520 g/mol. The fourth-order valence-corrected chi connectivity index (χ4v) is 5.74. The summed E-state index contributed by atoms with van der Waals surface area (Å²) in [6.07, 6.45) is 0.354. The van der Waals surface area contributed by atoms with Crippen LogP contribution in [-0.4, -0.2) is 73.6 Å². The first kappa shape index (κ1) is 28.5. The van der Waals surface area contributed by atoms with Gasteiger partial charge in [0.2, 0.25) is 21.7 Å². The van der Waals surface area contributed by atoms with E-state index in [0.29, 0.717) is 31.9 Å². The van der Waals surface area contributed by atoms with Crippen molar-refractivity contribution in [2.75, 3.05) is 32.7 Å². The molecule has 1 unspecified atom stereocenters. The number of aliphatic hydroxyl groups is 1. The van der Waals surface area contributed by atoms with Crippen LogP contribution in [0.1, 0.15) is 24.5 Å². The van der Waals surface area contributed by atoms with E-state index in [1.165, 1.54) is 17.0 Å². The van der Waals surface area contributed by atoms with Gasteiger partial charge in [-0.3, -0.25) is 14.5 Å². The zero-order chi connectivity index (χ0) is 28.2. The van der Waals surface area contributed by atoms with E-state index in [2.05, 4.69) is 10.8 Å². The Kier molecular flexibility index (Phi) is 8.55. The number of sulfonamides is 1. The monoisotopic (exact) mass is 554 g/mol. The van der Waals surface area contributed by atoms with Gasteiger partial charge in [0, 0.05) is 38.2 Å². The molecule has 2 amide bonds. The molecule has 1 aliphatic heterocycles. The first-order valence-corrected chi connectivity index (χ1v) is 14.3. The van der Waals surface area contributed by atoms with Crippen molar-refractivity contribution in [2.24, 2.45) is 5.73 Å². The van der Waals surface area contributed by atoms with Gasteiger partial charge >= 0.3 is 0 Å². The Hall–Kier alpha value is -3.51. The number of fused-ring (bicyclic) bond motifs is 1. The second kappa shape index (κ2) is 11.7. The summed E-state index contributed by atoms with van der Waals surface area (Å²) < 4.78 is 34.2. The zero-order valence-corrected chi connectivity index (χ0v) is 22.9. The zero-order valence-electron chi connectivity index (χ0n) is 22.1. The number of aryl methyl sites for hydroxylation is 1. The molecule has 1 heterocycles. The van der Waals surface area contributed by atoms with Crippen molar-refractivity contribution in [1.29, 1.82) is 0 Å². The van der Waals surface area contributed by atoms with Crippen molar-refractivity contribution in [3.63, 3.8) is 0 Å². The quantitative estimate of drug-likeness (QED) is 0.346. The minimum atomic E-state index is -4.08. The van der Waals surface area contributed by atoms with Gasteiger partial charge in [0.15, 0.2) is 0 Å². The van der Waals surface area contributed by atoms with Crippen molar-refractivity contribution in [3.8, 4) is 5.75 Å². The predicted molar refractivity (Wildman–Crippen MR) is 147 cm³/mol. The highest BCUT2D eigenvalue weighted by molar-refractivity contribution is 7.89. The first-order chi connectivity index (χ1) is 18.5. The fraction of sp³-hybridized carbons (Fsp3) is 0.357. The third-order valence-corrected chi connectivity index (χ3v) is 8.57. The predicted octanol–water partition coefficient (Wildman–Crippen LogP) is 1.73. The molecule has 208 valence electrons. The number of amides is 2. The summed E-state index contributed by atoms with van der Waals surface area (Å²) >= 11 is 0. The Morgan fingerprint density at radius 3 is 2.33 bits per heavy atom. The maximum atomic E-state index is 13.0. The Balaban J connectivity index is 1.40. The third-order valence-electron chi connectivity index (χ3n) is 7.15. The highest BCUT2D eigenvalue weighted by Gasteiger charge is 2.43. The number of nitrogens with zero attached hydrogens (tertiary/aromatic N) is 2. The fourth-order valence-electron chi connectivity index (χ4n) is 4.69. The first-order valence-electron chi connectivity index (χ1n) is 12.8. The lowest BCUT2D eigenvalue weighted by atomic mass is 10.0. The molecule has 10 nitrogen and oxygen atoms in total. The van der Waals surface area contributed by atoms with Crippen LogP contribution in [0.5, 0.6) is 5.75 Å². The van der Waals surface area contributed by atoms with Gasteiger partial charge in [0.25, 0.3) is 5.91 Å². The smallest absolute Gasteiger partial charge is 0.266 e. The van der Waals surface area contributed by atoms with Crippen LogP contribution in [0.25, 0.3) is 10.8 Å². The van der Waals surface area contributed by atoms with Crippen LogP contribution in [0.15, 0.2) is 65.6 Å². The molecule has 4 N–H and O–H groups in total. The van der Waals surface area contributed by atoms with E-state index in [9.17, 15) is 23.1 Å².